The SMILES string of the molecule is CC(=O)O[C@@H]1C[C@]2(C)C([C@H](C)CCCC(C)(C)O)CC[C@@]2(C)C2CC=C3C(CC[C@H](O)C3(C)C)[C@@]21C. The van der Waals surface area contributed by atoms with E-state index in [1.54, 1.807) is 6.92 Å². The number of hydrogen-bond donors (Lipinski definition) is 2. The van der Waals surface area contributed by atoms with E-state index in [4.69, 9.17) is 4.74 Å². The lowest BCUT2D eigenvalue weighted by molar-refractivity contribution is -0.218. The summed E-state index contributed by atoms with van der Waals surface area (Å²) in [5, 5.41) is 21.1. The van der Waals surface area contributed by atoms with Gasteiger partial charge in [-0.15, -0.1) is 0 Å². The van der Waals surface area contributed by atoms with Gasteiger partial charge in [0.2, 0.25) is 0 Å². The Labute approximate surface area is 220 Å². The molecule has 4 rings (SSSR count). The molecule has 0 saturated heterocycles. The molecule has 3 fully saturated rings. The van der Waals surface area contributed by atoms with Gasteiger partial charge in [0.15, 0.2) is 0 Å². The smallest absolute Gasteiger partial charge is 0.302 e. The first-order chi connectivity index (χ1) is 16.5. The first-order valence-electron chi connectivity index (χ1n) is 14.8. The minimum Gasteiger partial charge on any atom is -0.462 e. The molecule has 0 aromatic carbocycles. The van der Waals surface area contributed by atoms with Crippen molar-refractivity contribution in [3.63, 3.8) is 0 Å². The molecule has 9 atom stereocenters. The predicted octanol–water partition coefficient (Wildman–Crippen LogP) is 7.07. The largest absolute Gasteiger partial charge is 0.462 e. The van der Waals surface area contributed by atoms with Crippen molar-refractivity contribution in [2.75, 3.05) is 0 Å². The Morgan fingerprint density at radius 2 is 1.81 bits per heavy atom. The molecule has 0 heterocycles. The number of rotatable bonds is 6. The molecule has 206 valence electrons. The number of fused-ring (bicyclic) bond motifs is 5. The van der Waals surface area contributed by atoms with E-state index in [0.29, 0.717) is 23.7 Å². The van der Waals surface area contributed by atoms with Gasteiger partial charge in [-0.2, -0.15) is 0 Å². The molecule has 0 amide bonds. The Kier molecular flexibility index (Phi) is 7.12. The predicted molar refractivity (Wildman–Crippen MR) is 145 cm³/mol. The lowest BCUT2D eigenvalue weighted by Crippen LogP contribution is -2.65. The third-order valence-corrected chi connectivity index (χ3v) is 12.4. The summed E-state index contributed by atoms with van der Waals surface area (Å²) in [6, 6.07) is 0. The van der Waals surface area contributed by atoms with Gasteiger partial charge in [0.25, 0.3) is 0 Å². The van der Waals surface area contributed by atoms with Crippen LogP contribution in [-0.2, 0) is 9.53 Å². The second kappa shape index (κ2) is 9.11. The van der Waals surface area contributed by atoms with Gasteiger partial charge in [0.1, 0.15) is 6.10 Å². The van der Waals surface area contributed by atoms with Crippen LogP contribution >= 0.6 is 0 Å². The molecule has 3 unspecified atom stereocenters. The van der Waals surface area contributed by atoms with Gasteiger partial charge in [-0.1, -0.05) is 66.0 Å². The standard InChI is InChI=1S/C32H54O4/c1-20(11-10-17-28(3,4)35)22-16-18-30(7)25-14-12-23-24(13-15-26(34)29(23,5)6)32(25,9)27(36-21(2)33)19-31(22,30)8/h12,20,22,24-27,34-35H,10-11,13-19H2,1-9H3/t20-,22?,24?,25?,26+,27-,30+,31-,32+/m1/s1. The number of allylic oxidation sites excluding steroid dienone is 1. The van der Waals surface area contributed by atoms with E-state index < -0.39 is 5.60 Å². The Morgan fingerprint density at radius 1 is 1.14 bits per heavy atom. The molecule has 0 aliphatic heterocycles. The van der Waals surface area contributed by atoms with E-state index >= 15 is 0 Å². The maximum atomic E-state index is 12.5. The van der Waals surface area contributed by atoms with Crippen LogP contribution in [0.3, 0.4) is 0 Å². The quantitative estimate of drug-likeness (QED) is 0.301. The number of carbonyl (C=O) groups excluding carboxylic acids is 1. The Morgan fingerprint density at radius 3 is 2.42 bits per heavy atom. The molecule has 3 saturated carbocycles. The monoisotopic (exact) mass is 502 g/mol. The second-order valence-corrected chi connectivity index (χ2v) is 15.1. The minimum atomic E-state index is -0.603. The van der Waals surface area contributed by atoms with Crippen LogP contribution in [0, 0.1) is 45.3 Å². The lowest BCUT2D eigenvalue weighted by Gasteiger charge is -2.67. The molecule has 0 bridgehead atoms. The van der Waals surface area contributed by atoms with Crippen LogP contribution in [0.15, 0.2) is 11.6 Å². The fourth-order valence-corrected chi connectivity index (χ4v) is 10.1. The first kappa shape index (κ1) is 28.1. The van der Waals surface area contributed by atoms with E-state index in [-0.39, 0.29) is 39.8 Å². The van der Waals surface area contributed by atoms with Gasteiger partial charge >= 0.3 is 5.97 Å². The summed E-state index contributed by atoms with van der Waals surface area (Å²) in [5.41, 5.74) is 0.761. The zero-order valence-corrected chi connectivity index (χ0v) is 24.6. The van der Waals surface area contributed by atoms with Crippen LogP contribution in [0.4, 0.5) is 0 Å². The fourth-order valence-electron chi connectivity index (χ4n) is 10.1. The number of ether oxygens (including phenoxy) is 1. The average molecular weight is 503 g/mol. The molecule has 0 radical (unpaired) electrons. The van der Waals surface area contributed by atoms with Gasteiger partial charge in [0.05, 0.1) is 11.7 Å². The van der Waals surface area contributed by atoms with Gasteiger partial charge < -0.3 is 14.9 Å². The Bertz CT molecular complexity index is 883. The van der Waals surface area contributed by atoms with Crippen molar-refractivity contribution in [3.8, 4) is 0 Å². The summed E-state index contributed by atoms with van der Waals surface area (Å²) < 4.78 is 6.32. The maximum absolute atomic E-state index is 12.5. The number of carbonyl (C=O) groups is 1. The van der Waals surface area contributed by atoms with Crippen molar-refractivity contribution in [3.05, 3.63) is 11.6 Å². The Hall–Kier alpha value is -0.870. The molecule has 36 heavy (non-hydrogen) atoms. The molecular weight excluding hydrogens is 448 g/mol. The number of hydrogen-bond acceptors (Lipinski definition) is 4. The molecule has 0 aromatic heterocycles. The van der Waals surface area contributed by atoms with E-state index in [1.807, 2.05) is 13.8 Å². The zero-order valence-electron chi connectivity index (χ0n) is 24.6. The summed E-state index contributed by atoms with van der Waals surface area (Å²) in [4.78, 5) is 12.5. The summed E-state index contributed by atoms with van der Waals surface area (Å²) in [7, 11) is 0. The highest BCUT2D eigenvalue weighted by Gasteiger charge is 2.71. The molecule has 4 heteroatoms. The van der Waals surface area contributed by atoms with E-state index in [2.05, 4.69) is 47.6 Å². The van der Waals surface area contributed by atoms with Gasteiger partial charge in [0, 0.05) is 17.8 Å². The second-order valence-electron chi connectivity index (χ2n) is 15.1. The highest BCUT2D eigenvalue weighted by atomic mass is 16.5. The van der Waals surface area contributed by atoms with Crippen LogP contribution in [0.2, 0.25) is 0 Å². The molecule has 0 aromatic rings. The molecular formula is C32H54O4. The van der Waals surface area contributed by atoms with E-state index in [0.717, 1.165) is 44.9 Å². The van der Waals surface area contributed by atoms with E-state index in [1.165, 1.54) is 18.4 Å². The third kappa shape index (κ3) is 4.21. The summed E-state index contributed by atoms with van der Waals surface area (Å²) in [5.74, 6) is 1.83. The number of aliphatic hydroxyl groups is 2. The summed E-state index contributed by atoms with van der Waals surface area (Å²) in [6.45, 7) is 19.7. The van der Waals surface area contributed by atoms with Crippen LogP contribution in [0.1, 0.15) is 120 Å². The molecule has 4 nitrogen and oxygen atoms in total. The van der Waals surface area contributed by atoms with Crippen molar-refractivity contribution < 1.29 is 19.7 Å². The first-order valence-corrected chi connectivity index (χ1v) is 14.8. The fraction of sp³-hybridized carbons (Fsp3) is 0.906. The van der Waals surface area contributed by atoms with Gasteiger partial charge in [-0.25, -0.2) is 0 Å². The normalized spacial score (nSPS) is 44.6. The van der Waals surface area contributed by atoms with Crippen molar-refractivity contribution in [2.45, 2.75) is 138 Å². The minimum absolute atomic E-state index is 0.0954. The Balaban J connectivity index is 1.71. The molecule has 4 aliphatic rings. The highest BCUT2D eigenvalue weighted by molar-refractivity contribution is 5.66. The molecule has 2 N–H and O–H groups in total. The van der Waals surface area contributed by atoms with Gasteiger partial charge in [-0.3, -0.25) is 4.79 Å². The van der Waals surface area contributed by atoms with Crippen molar-refractivity contribution in [1.29, 1.82) is 0 Å². The highest BCUT2D eigenvalue weighted by Crippen LogP contribution is 2.75. The lowest BCUT2D eigenvalue weighted by atomic mass is 9.38. The average Bonchev–Trinajstić information content (AvgIpc) is 3.01. The van der Waals surface area contributed by atoms with Crippen molar-refractivity contribution in [1.82, 2.24) is 0 Å². The molecule has 0 spiro atoms. The van der Waals surface area contributed by atoms with Crippen LogP contribution in [0.25, 0.3) is 0 Å². The summed E-state index contributed by atoms with van der Waals surface area (Å²) in [6.07, 6.45) is 11.3. The van der Waals surface area contributed by atoms with E-state index in [9.17, 15) is 15.0 Å². The van der Waals surface area contributed by atoms with Crippen LogP contribution in [-0.4, -0.2) is 34.0 Å². The topological polar surface area (TPSA) is 66.8 Å². The third-order valence-electron chi connectivity index (χ3n) is 12.4. The number of aliphatic hydroxyl groups excluding tert-OH is 1. The van der Waals surface area contributed by atoms with Gasteiger partial charge in [-0.05, 0) is 93.3 Å². The van der Waals surface area contributed by atoms with Crippen LogP contribution < -0.4 is 0 Å². The van der Waals surface area contributed by atoms with Crippen LogP contribution in [0.5, 0.6) is 0 Å². The van der Waals surface area contributed by atoms with Crippen molar-refractivity contribution >= 4 is 5.97 Å². The number of esters is 1. The maximum Gasteiger partial charge on any atom is 0.302 e. The molecule has 4 aliphatic carbocycles. The zero-order chi connectivity index (χ0) is 26.9. The summed E-state index contributed by atoms with van der Waals surface area (Å²) >= 11 is 0. The van der Waals surface area contributed by atoms with Crippen molar-refractivity contribution in [2.24, 2.45) is 45.3 Å².